The molecule has 0 saturated heterocycles. The Balaban J connectivity index is 1.47. The van der Waals surface area contributed by atoms with E-state index in [0.29, 0.717) is 27.5 Å². The van der Waals surface area contributed by atoms with Gasteiger partial charge in [0.15, 0.2) is 0 Å². The van der Waals surface area contributed by atoms with Crippen molar-refractivity contribution in [1.29, 1.82) is 0 Å². The number of benzene rings is 4. The molecule has 0 aliphatic rings. The molecule has 0 bridgehead atoms. The van der Waals surface area contributed by atoms with Gasteiger partial charge in [-0.25, -0.2) is 13.8 Å². The second-order valence-electron chi connectivity index (χ2n) is 8.93. The number of anilines is 2. The summed E-state index contributed by atoms with van der Waals surface area (Å²) >= 11 is 6.12. The van der Waals surface area contributed by atoms with Crippen molar-refractivity contribution in [2.75, 3.05) is 16.2 Å². The number of aryl methyl sites for hydroxylation is 1. The largest absolute Gasteiger partial charge is 0.322 e. The first-order valence-electron chi connectivity index (χ1n) is 12.3. The van der Waals surface area contributed by atoms with E-state index in [4.69, 9.17) is 11.6 Å². The van der Waals surface area contributed by atoms with E-state index in [1.54, 1.807) is 85.8 Å². The van der Waals surface area contributed by atoms with Crippen LogP contribution in [0.3, 0.4) is 0 Å². The minimum Gasteiger partial charge on any atom is -0.322 e. The molecule has 4 aromatic carbocycles. The van der Waals surface area contributed by atoms with E-state index in [9.17, 15) is 18.0 Å². The number of nitrogens with zero attached hydrogens (tertiary/aromatic N) is 2. The summed E-state index contributed by atoms with van der Waals surface area (Å²) in [5, 5.41) is 7.30. The fraction of sp³-hybridized carbons (Fsp3) is 0.100. The van der Waals surface area contributed by atoms with Crippen LogP contribution in [0.2, 0.25) is 5.02 Å². The van der Waals surface area contributed by atoms with Crippen LogP contribution in [0, 0.1) is 6.92 Å². The van der Waals surface area contributed by atoms with Crippen LogP contribution in [-0.2, 0) is 14.8 Å². The lowest BCUT2D eigenvalue weighted by Gasteiger charge is -2.24. The van der Waals surface area contributed by atoms with Crippen molar-refractivity contribution in [2.24, 2.45) is 5.10 Å². The first kappa shape index (κ1) is 28.5. The molecule has 2 N–H and O–H groups in total. The van der Waals surface area contributed by atoms with Crippen LogP contribution in [0.5, 0.6) is 0 Å². The average molecular weight is 575 g/mol. The van der Waals surface area contributed by atoms with Crippen LogP contribution < -0.4 is 15.0 Å². The number of hydrazone groups is 1. The van der Waals surface area contributed by atoms with Gasteiger partial charge in [0.05, 0.1) is 16.3 Å². The number of sulfonamides is 1. The predicted molar refractivity (Wildman–Crippen MR) is 158 cm³/mol. The van der Waals surface area contributed by atoms with Crippen molar-refractivity contribution in [3.8, 4) is 0 Å². The highest BCUT2D eigenvalue weighted by Gasteiger charge is 2.27. The fourth-order valence-corrected chi connectivity index (χ4v) is 5.35. The third-order valence-electron chi connectivity index (χ3n) is 5.94. The van der Waals surface area contributed by atoms with Crippen LogP contribution in [-0.4, -0.2) is 32.5 Å². The SMILES string of the molecule is C/C(=N/NC(=O)CN(c1cccc(Cl)c1)S(=O)(=O)c1ccc(C)cc1)c1ccc(NC(=O)c2ccccc2)cc1. The monoisotopic (exact) mass is 574 g/mol. The van der Waals surface area contributed by atoms with Gasteiger partial charge in [0.1, 0.15) is 6.54 Å². The number of amides is 2. The molecule has 2 amide bonds. The maximum absolute atomic E-state index is 13.5. The number of rotatable bonds is 9. The lowest BCUT2D eigenvalue weighted by Crippen LogP contribution is -2.39. The van der Waals surface area contributed by atoms with Crippen LogP contribution in [0.15, 0.2) is 113 Å². The smallest absolute Gasteiger partial charge is 0.264 e. The van der Waals surface area contributed by atoms with Gasteiger partial charge in [-0.2, -0.15) is 5.10 Å². The van der Waals surface area contributed by atoms with Crippen LogP contribution in [0.4, 0.5) is 11.4 Å². The zero-order chi connectivity index (χ0) is 28.7. The Hall–Kier alpha value is -4.47. The number of halogens is 1. The first-order valence-corrected chi connectivity index (χ1v) is 14.1. The molecule has 10 heteroatoms. The summed E-state index contributed by atoms with van der Waals surface area (Å²) in [7, 11) is -4.08. The van der Waals surface area contributed by atoms with E-state index in [-0.39, 0.29) is 16.5 Å². The second kappa shape index (κ2) is 12.6. The Labute approximate surface area is 238 Å². The van der Waals surface area contributed by atoms with E-state index in [2.05, 4.69) is 15.8 Å². The van der Waals surface area contributed by atoms with Gasteiger partial charge in [-0.15, -0.1) is 0 Å². The molecule has 0 aromatic heterocycles. The first-order chi connectivity index (χ1) is 19.1. The van der Waals surface area contributed by atoms with E-state index in [1.807, 2.05) is 13.0 Å². The lowest BCUT2D eigenvalue weighted by molar-refractivity contribution is -0.119. The van der Waals surface area contributed by atoms with Gasteiger partial charge in [0, 0.05) is 16.3 Å². The minimum atomic E-state index is -4.08. The molecule has 0 saturated carbocycles. The van der Waals surface area contributed by atoms with Gasteiger partial charge in [-0.05, 0) is 74.0 Å². The van der Waals surface area contributed by atoms with Crippen LogP contribution in [0.25, 0.3) is 0 Å². The van der Waals surface area contributed by atoms with E-state index >= 15 is 0 Å². The minimum absolute atomic E-state index is 0.0463. The third kappa shape index (κ3) is 7.13. The summed E-state index contributed by atoms with van der Waals surface area (Å²) in [6.07, 6.45) is 0. The zero-order valence-electron chi connectivity index (χ0n) is 21.8. The molecular weight excluding hydrogens is 548 g/mol. The summed E-state index contributed by atoms with van der Waals surface area (Å²) in [6.45, 7) is 3.04. The summed E-state index contributed by atoms with van der Waals surface area (Å²) in [6, 6.07) is 28.5. The Bertz CT molecular complexity index is 1640. The molecule has 4 rings (SSSR count). The van der Waals surface area contributed by atoms with Gasteiger partial charge in [-0.3, -0.25) is 13.9 Å². The van der Waals surface area contributed by atoms with Gasteiger partial charge < -0.3 is 5.32 Å². The Morgan fingerprint density at radius 3 is 2.17 bits per heavy atom. The van der Waals surface area contributed by atoms with E-state index in [0.717, 1.165) is 9.87 Å². The number of carbonyl (C=O) groups excluding carboxylic acids is 2. The number of carbonyl (C=O) groups is 2. The fourth-order valence-electron chi connectivity index (χ4n) is 3.75. The van der Waals surface area contributed by atoms with Crippen molar-refractivity contribution in [3.05, 3.63) is 125 Å². The maximum atomic E-state index is 13.5. The third-order valence-corrected chi connectivity index (χ3v) is 7.96. The molecule has 4 aromatic rings. The molecule has 8 nitrogen and oxygen atoms in total. The summed E-state index contributed by atoms with van der Waals surface area (Å²) < 4.78 is 28.0. The molecule has 0 unspecified atom stereocenters. The lowest BCUT2D eigenvalue weighted by atomic mass is 10.1. The number of hydrogen-bond donors (Lipinski definition) is 2. The van der Waals surface area contributed by atoms with Crippen molar-refractivity contribution in [2.45, 2.75) is 18.7 Å². The summed E-state index contributed by atoms with van der Waals surface area (Å²) in [5.41, 5.74) is 5.93. The standard InChI is InChI=1S/C30H27ClN4O4S/c1-21-11-17-28(18-12-21)40(38,39)35(27-10-6-9-25(31)19-27)20-29(36)34-33-22(2)23-13-15-26(16-14-23)32-30(37)24-7-4-3-5-8-24/h3-19H,20H2,1-2H3,(H,32,37)(H,34,36)/b33-22-. The van der Waals surface area contributed by atoms with Crippen molar-refractivity contribution in [1.82, 2.24) is 5.43 Å². The summed E-state index contributed by atoms with van der Waals surface area (Å²) in [4.78, 5) is 25.3. The van der Waals surface area contributed by atoms with Crippen molar-refractivity contribution >= 4 is 50.5 Å². The quantitative estimate of drug-likeness (QED) is 0.199. The number of nitrogens with one attached hydrogen (secondary N) is 2. The molecular formula is C30H27ClN4O4S. The summed E-state index contributed by atoms with van der Waals surface area (Å²) in [5.74, 6) is -0.863. The molecule has 0 aliphatic carbocycles. The highest BCUT2D eigenvalue weighted by molar-refractivity contribution is 7.92. The number of hydrogen-bond acceptors (Lipinski definition) is 5. The average Bonchev–Trinajstić information content (AvgIpc) is 2.95. The Morgan fingerprint density at radius 2 is 1.52 bits per heavy atom. The highest BCUT2D eigenvalue weighted by Crippen LogP contribution is 2.26. The van der Waals surface area contributed by atoms with E-state index < -0.39 is 22.5 Å². The molecule has 204 valence electrons. The van der Waals surface area contributed by atoms with Crippen molar-refractivity contribution in [3.63, 3.8) is 0 Å². The maximum Gasteiger partial charge on any atom is 0.264 e. The highest BCUT2D eigenvalue weighted by atomic mass is 35.5. The Kier molecular flexibility index (Phi) is 8.98. The second-order valence-corrected chi connectivity index (χ2v) is 11.2. The van der Waals surface area contributed by atoms with Crippen LogP contribution in [0.1, 0.15) is 28.4 Å². The normalized spacial score (nSPS) is 11.5. The van der Waals surface area contributed by atoms with Crippen LogP contribution >= 0.6 is 11.6 Å². The molecule has 0 spiro atoms. The van der Waals surface area contributed by atoms with Gasteiger partial charge in [0.2, 0.25) is 0 Å². The predicted octanol–water partition coefficient (Wildman–Crippen LogP) is 5.64. The Morgan fingerprint density at radius 1 is 0.850 bits per heavy atom. The molecule has 0 heterocycles. The van der Waals surface area contributed by atoms with Gasteiger partial charge >= 0.3 is 0 Å². The molecule has 0 atom stereocenters. The molecule has 0 fully saturated rings. The zero-order valence-corrected chi connectivity index (χ0v) is 23.4. The van der Waals surface area contributed by atoms with Gasteiger partial charge in [-0.1, -0.05) is 65.7 Å². The van der Waals surface area contributed by atoms with Crippen molar-refractivity contribution < 1.29 is 18.0 Å². The van der Waals surface area contributed by atoms with Gasteiger partial charge in [0.25, 0.3) is 21.8 Å². The van der Waals surface area contributed by atoms with E-state index in [1.165, 1.54) is 18.2 Å². The topological polar surface area (TPSA) is 108 Å². The molecule has 0 aliphatic heterocycles. The molecule has 40 heavy (non-hydrogen) atoms. The molecule has 0 radical (unpaired) electrons.